The van der Waals surface area contributed by atoms with E-state index in [1.54, 1.807) is 7.11 Å². The van der Waals surface area contributed by atoms with E-state index in [1.165, 1.54) is 12.8 Å². The molecular weight excluding hydrogens is 204 g/mol. The van der Waals surface area contributed by atoms with Gasteiger partial charge in [0.05, 0.1) is 29.9 Å². The average molecular weight is 218 g/mol. The molecule has 3 rings (SSSR count). The molecule has 0 aromatic carbocycles. The average Bonchev–Trinajstić information content (AvgIpc) is 3.05. The van der Waals surface area contributed by atoms with E-state index in [2.05, 4.69) is 15.3 Å². The number of hydrogen-bond acceptors (Lipinski definition) is 4. The van der Waals surface area contributed by atoms with Crippen molar-refractivity contribution in [2.24, 2.45) is 0 Å². The van der Waals surface area contributed by atoms with Crippen molar-refractivity contribution in [1.29, 1.82) is 0 Å². The van der Waals surface area contributed by atoms with Crippen molar-refractivity contribution in [2.45, 2.75) is 32.7 Å². The molecule has 0 saturated heterocycles. The first-order valence-corrected chi connectivity index (χ1v) is 5.48. The molecule has 2 aromatic rings. The van der Waals surface area contributed by atoms with Crippen molar-refractivity contribution in [3.05, 3.63) is 11.4 Å². The molecule has 84 valence electrons. The van der Waals surface area contributed by atoms with E-state index in [1.807, 2.05) is 18.5 Å². The SMILES string of the molecule is COc1nnc(C)c2c(C)nn(C3CC3)c12. The zero-order valence-corrected chi connectivity index (χ0v) is 9.69. The van der Waals surface area contributed by atoms with E-state index >= 15 is 0 Å². The summed E-state index contributed by atoms with van der Waals surface area (Å²) in [5, 5.41) is 13.8. The summed E-state index contributed by atoms with van der Waals surface area (Å²) in [6.45, 7) is 3.97. The largest absolute Gasteiger partial charge is 0.478 e. The van der Waals surface area contributed by atoms with E-state index in [-0.39, 0.29) is 0 Å². The number of nitrogens with zero attached hydrogens (tertiary/aromatic N) is 4. The first kappa shape index (κ1) is 9.57. The fourth-order valence-corrected chi connectivity index (χ4v) is 2.12. The van der Waals surface area contributed by atoms with E-state index < -0.39 is 0 Å². The summed E-state index contributed by atoms with van der Waals surface area (Å²) >= 11 is 0. The maximum absolute atomic E-state index is 5.28. The van der Waals surface area contributed by atoms with E-state index in [0.29, 0.717) is 11.9 Å². The zero-order valence-electron chi connectivity index (χ0n) is 9.69. The molecule has 1 aliphatic carbocycles. The van der Waals surface area contributed by atoms with Gasteiger partial charge in [-0.1, -0.05) is 0 Å². The van der Waals surface area contributed by atoms with Crippen LogP contribution in [0.1, 0.15) is 30.3 Å². The van der Waals surface area contributed by atoms with Gasteiger partial charge in [0.25, 0.3) is 5.88 Å². The molecule has 0 N–H and O–H groups in total. The normalized spacial score (nSPS) is 15.7. The van der Waals surface area contributed by atoms with Crippen molar-refractivity contribution < 1.29 is 4.74 Å². The molecule has 1 saturated carbocycles. The van der Waals surface area contributed by atoms with Crippen molar-refractivity contribution in [2.75, 3.05) is 7.11 Å². The maximum Gasteiger partial charge on any atom is 0.259 e. The van der Waals surface area contributed by atoms with E-state index in [4.69, 9.17) is 4.74 Å². The van der Waals surface area contributed by atoms with Crippen molar-refractivity contribution in [3.63, 3.8) is 0 Å². The summed E-state index contributed by atoms with van der Waals surface area (Å²) < 4.78 is 7.33. The van der Waals surface area contributed by atoms with Crippen LogP contribution in [0.2, 0.25) is 0 Å². The second-order valence-electron chi connectivity index (χ2n) is 4.28. The lowest BCUT2D eigenvalue weighted by atomic mass is 10.2. The quantitative estimate of drug-likeness (QED) is 0.771. The van der Waals surface area contributed by atoms with Gasteiger partial charge in [-0.25, -0.2) is 0 Å². The Hall–Kier alpha value is -1.65. The van der Waals surface area contributed by atoms with Gasteiger partial charge >= 0.3 is 0 Å². The highest BCUT2D eigenvalue weighted by Gasteiger charge is 2.29. The minimum Gasteiger partial charge on any atom is -0.478 e. The first-order chi connectivity index (χ1) is 7.72. The van der Waals surface area contributed by atoms with Crippen LogP contribution in [0.4, 0.5) is 0 Å². The summed E-state index contributed by atoms with van der Waals surface area (Å²) in [7, 11) is 1.62. The van der Waals surface area contributed by atoms with Crippen molar-refractivity contribution >= 4 is 10.9 Å². The second-order valence-corrected chi connectivity index (χ2v) is 4.28. The number of rotatable bonds is 2. The second kappa shape index (κ2) is 3.17. The van der Waals surface area contributed by atoms with Crippen LogP contribution in [0.25, 0.3) is 10.9 Å². The Morgan fingerprint density at radius 1 is 1.19 bits per heavy atom. The molecule has 0 bridgehead atoms. The number of aromatic nitrogens is 4. The molecule has 0 atom stereocenters. The molecule has 2 aromatic heterocycles. The topological polar surface area (TPSA) is 52.8 Å². The van der Waals surface area contributed by atoms with Gasteiger partial charge < -0.3 is 4.74 Å². The van der Waals surface area contributed by atoms with Gasteiger partial charge in [-0.2, -0.15) is 10.2 Å². The number of fused-ring (bicyclic) bond motifs is 1. The highest BCUT2D eigenvalue weighted by Crippen LogP contribution is 2.39. The van der Waals surface area contributed by atoms with Crippen LogP contribution in [0.3, 0.4) is 0 Å². The molecule has 5 heteroatoms. The standard InChI is InChI=1S/C11H14N4O/c1-6-9-7(2)14-15(8-4-5-8)10(9)11(16-3)13-12-6/h8H,4-5H2,1-3H3. The first-order valence-electron chi connectivity index (χ1n) is 5.48. The third-order valence-corrected chi connectivity index (χ3v) is 3.03. The third kappa shape index (κ3) is 1.20. The summed E-state index contributed by atoms with van der Waals surface area (Å²) in [6.07, 6.45) is 2.39. The van der Waals surface area contributed by atoms with Gasteiger partial charge in [-0.05, 0) is 26.7 Å². The third-order valence-electron chi connectivity index (χ3n) is 3.03. The van der Waals surface area contributed by atoms with Gasteiger partial charge in [-0.15, -0.1) is 5.10 Å². The molecule has 0 aliphatic heterocycles. The number of hydrogen-bond donors (Lipinski definition) is 0. The molecule has 0 spiro atoms. The molecule has 0 amide bonds. The number of methoxy groups -OCH3 is 1. The Labute approximate surface area is 93.4 Å². The smallest absolute Gasteiger partial charge is 0.259 e. The van der Waals surface area contributed by atoms with Crippen LogP contribution in [-0.4, -0.2) is 27.1 Å². The highest BCUT2D eigenvalue weighted by atomic mass is 16.5. The van der Waals surface area contributed by atoms with Crippen molar-refractivity contribution in [1.82, 2.24) is 20.0 Å². The lowest BCUT2D eigenvalue weighted by Gasteiger charge is -2.05. The fraction of sp³-hybridized carbons (Fsp3) is 0.545. The summed E-state index contributed by atoms with van der Waals surface area (Å²) in [5.74, 6) is 0.577. The van der Waals surface area contributed by atoms with Crippen LogP contribution in [0.15, 0.2) is 0 Å². The lowest BCUT2D eigenvalue weighted by molar-refractivity contribution is 0.393. The minimum atomic E-state index is 0.522. The Morgan fingerprint density at radius 3 is 2.56 bits per heavy atom. The molecule has 0 radical (unpaired) electrons. The molecule has 1 fully saturated rings. The van der Waals surface area contributed by atoms with Crippen LogP contribution >= 0.6 is 0 Å². The Kier molecular flexibility index (Phi) is 1.89. The Morgan fingerprint density at radius 2 is 1.94 bits per heavy atom. The van der Waals surface area contributed by atoms with Crippen LogP contribution in [-0.2, 0) is 0 Å². The van der Waals surface area contributed by atoms with Gasteiger partial charge in [0.2, 0.25) is 0 Å². The van der Waals surface area contributed by atoms with Gasteiger partial charge in [0.1, 0.15) is 5.52 Å². The van der Waals surface area contributed by atoms with Crippen LogP contribution < -0.4 is 4.74 Å². The maximum atomic E-state index is 5.28. The van der Waals surface area contributed by atoms with Crippen LogP contribution in [0, 0.1) is 13.8 Å². The number of aryl methyl sites for hydroxylation is 2. The highest BCUT2D eigenvalue weighted by molar-refractivity contribution is 5.87. The Balaban J connectivity index is 2.39. The zero-order chi connectivity index (χ0) is 11.3. The van der Waals surface area contributed by atoms with Gasteiger partial charge in [0, 0.05) is 0 Å². The van der Waals surface area contributed by atoms with Crippen molar-refractivity contribution in [3.8, 4) is 5.88 Å². The fourth-order valence-electron chi connectivity index (χ4n) is 2.12. The Bertz CT molecular complexity index is 557. The van der Waals surface area contributed by atoms with Gasteiger partial charge in [-0.3, -0.25) is 4.68 Å². The summed E-state index contributed by atoms with van der Waals surface area (Å²) in [4.78, 5) is 0. The van der Waals surface area contributed by atoms with Crippen LogP contribution in [0.5, 0.6) is 5.88 Å². The van der Waals surface area contributed by atoms with E-state index in [0.717, 1.165) is 22.3 Å². The summed E-state index contributed by atoms with van der Waals surface area (Å²) in [5.41, 5.74) is 2.92. The molecule has 16 heavy (non-hydrogen) atoms. The number of ether oxygens (including phenoxy) is 1. The predicted molar refractivity (Wildman–Crippen MR) is 59.6 cm³/mol. The lowest BCUT2D eigenvalue weighted by Crippen LogP contribution is -2.00. The van der Waals surface area contributed by atoms with Gasteiger partial charge in [0.15, 0.2) is 0 Å². The summed E-state index contributed by atoms with van der Waals surface area (Å²) in [6, 6.07) is 0.522. The monoisotopic (exact) mass is 218 g/mol. The molecule has 1 aliphatic rings. The minimum absolute atomic E-state index is 0.522. The predicted octanol–water partition coefficient (Wildman–Crippen LogP) is 1.79. The molecule has 0 unspecified atom stereocenters. The molecular formula is C11H14N4O. The molecule has 2 heterocycles. The van der Waals surface area contributed by atoms with E-state index in [9.17, 15) is 0 Å². The molecule has 5 nitrogen and oxygen atoms in total.